The van der Waals surface area contributed by atoms with Gasteiger partial charge in [0.1, 0.15) is 0 Å². The van der Waals surface area contributed by atoms with E-state index >= 15 is 0 Å². The number of anilines is 1. The number of aromatic nitrogens is 1. The molecule has 1 heterocycles. The third kappa shape index (κ3) is 2.01. The van der Waals surface area contributed by atoms with Crippen LogP contribution in [0.15, 0.2) is 63.8 Å². The first-order valence-electron chi connectivity index (χ1n) is 5.73. The van der Waals surface area contributed by atoms with E-state index in [1.807, 2.05) is 6.07 Å². The molecule has 0 atom stereocenters. The van der Waals surface area contributed by atoms with E-state index in [1.54, 1.807) is 48.5 Å². The second-order valence-electron chi connectivity index (χ2n) is 3.97. The SMILES string of the molecule is O=C(Nc1ccccc1)n1c(=O)oc2ccccc21. The summed E-state index contributed by atoms with van der Waals surface area (Å²) in [6.45, 7) is 0. The van der Waals surface area contributed by atoms with E-state index in [0.29, 0.717) is 16.8 Å². The summed E-state index contributed by atoms with van der Waals surface area (Å²) in [6.07, 6.45) is 0. The Morgan fingerprint density at radius 1 is 1.00 bits per heavy atom. The van der Waals surface area contributed by atoms with Gasteiger partial charge in [0.05, 0.1) is 5.52 Å². The van der Waals surface area contributed by atoms with Crippen LogP contribution in [0.1, 0.15) is 0 Å². The predicted molar refractivity (Wildman–Crippen MR) is 71.3 cm³/mol. The lowest BCUT2D eigenvalue weighted by Crippen LogP contribution is -2.27. The fourth-order valence-electron chi connectivity index (χ4n) is 1.86. The van der Waals surface area contributed by atoms with Crippen molar-refractivity contribution in [3.63, 3.8) is 0 Å². The molecule has 3 aromatic rings. The van der Waals surface area contributed by atoms with Crippen molar-refractivity contribution >= 4 is 22.8 Å². The lowest BCUT2D eigenvalue weighted by molar-refractivity contribution is 0.252. The quantitative estimate of drug-likeness (QED) is 0.726. The number of nitrogens with zero attached hydrogens (tertiary/aromatic N) is 1. The molecule has 0 aliphatic carbocycles. The summed E-state index contributed by atoms with van der Waals surface area (Å²) in [4.78, 5) is 23.8. The number of carbonyl (C=O) groups excluding carboxylic acids is 1. The lowest BCUT2D eigenvalue weighted by Gasteiger charge is -2.04. The van der Waals surface area contributed by atoms with Gasteiger partial charge in [-0.1, -0.05) is 30.3 Å². The molecule has 0 spiro atoms. The minimum absolute atomic E-state index is 0.385. The van der Waals surface area contributed by atoms with Gasteiger partial charge in [0.25, 0.3) is 0 Å². The molecule has 5 heteroatoms. The molecule has 1 aromatic heterocycles. The highest BCUT2D eigenvalue weighted by atomic mass is 16.4. The molecule has 5 nitrogen and oxygen atoms in total. The molecule has 94 valence electrons. The van der Waals surface area contributed by atoms with Crippen LogP contribution in [-0.2, 0) is 0 Å². The summed E-state index contributed by atoms with van der Waals surface area (Å²) >= 11 is 0. The Kier molecular flexibility index (Phi) is 2.64. The molecule has 1 amide bonds. The van der Waals surface area contributed by atoms with Crippen molar-refractivity contribution < 1.29 is 9.21 Å². The smallest absolute Gasteiger partial charge is 0.407 e. The molecule has 0 saturated carbocycles. The Balaban J connectivity index is 2.03. The van der Waals surface area contributed by atoms with E-state index in [4.69, 9.17) is 4.42 Å². The molecule has 0 aliphatic heterocycles. The number of oxazole rings is 1. The zero-order valence-corrected chi connectivity index (χ0v) is 9.87. The van der Waals surface area contributed by atoms with Crippen molar-refractivity contribution in [1.82, 2.24) is 4.57 Å². The van der Waals surface area contributed by atoms with E-state index in [0.717, 1.165) is 4.57 Å². The Bertz CT molecular complexity index is 787. The molecule has 0 aliphatic rings. The molecule has 0 saturated heterocycles. The first-order valence-corrected chi connectivity index (χ1v) is 5.73. The first-order chi connectivity index (χ1) is 9.25. The van der Waals surface area contributed by atoms with Gasteiger partial charge < -0.3 is 9.73 Å². The van der Waals surface area contributed by atoms with Crippen LogP contribution in [0, 0.1) is 0 Å². The van der Waals surface area contributed by atoms with E-state index in [2.05, 4.69) is 5.32 Å². The van der Waals surface area contributed by atoms with Crippen molar-refractivity contribution in [3.05, 3.63) is 65.1 Å². The number of rotatable bonds is 1. The number of carbonyl (C=O) groups is 1. The third-order valence-corrected chi connectivity index (χ3v) is 2.71. The first kappa shape index (κ1) is 11.3. The zero-order chi connectivity index (χ0) is 13.2. The van der Waals surface area contributed by atoms with E-state index in [-0.39, 0.29) is 0 Å². The Morgan fingerprint density at radius 3 is 2.47 bits per heavy atom. The monoisotopic (exact) mass is 254 g/mol. The largest absolute Gasteiger partial charge is 0.428 e. The standard InChI is InChI=1S/C14H10N2O3/c17-13(15-10-6-2-1-3-7-10)16-11-8-4-5-9-12(11)19-14(16)18/h1-9H,(H,15,17). The summed E-state index contributed by atoms with van der Waals surface area (Å²) < 4.78 is 5.98. The van der Waals surface area contributed by atoms with E-state index in [1.165, 1.54) is 0 Å². The fourth-order valence-corrected chi connectivity index (χ4v) is 1.86. The van der Waals surface area contributed by atoms with Crippen LogP contribution in [0.5, 0.6) is 0 Å². The minimum Gasteiger partial charge on any atom is -0.407 e. The molecular weight excluding hydrogens is 244 g/mol. The molecule has 0 radical (unpaired) electrons. The minimum atomic E-state index is -0.699. The summed E-state index contributed by atoms with van der Waals surface area (Å²) in [6, 6.07) is 15.2. The van der Waals surface area contributed by atoms with Crippen LogP contribution in [0.25, 0.3) is 11.1 Å². The second kappa shape index (κ2) is 4.45. The number of amides is 1. The van der Waals surface area contributed by atoms with Crippen LogP contribution < -0.4 is 11.1 Å². The number of hydrogen-bond donors (Lipinski definition) is 1. The topological polar surface area (TPSA) is 64.2 Å². The maximum atomic E-state index is 12.1. The van der Waals surface area contributed by atoms with Crippen LogP contribution >= 0.6 is 0 Å². The van der Waals surface area contributed by atoms with Gasteiger partial charge in [-0.05, 0) is 24.3 Å². The predicted octanol–water partition coefficient (Wildman–Crippen LogP) is 2.67. The molecule has 19 heavy (non-hydrogen) atoms. The van der Waals surface area contributed by atoms with Gasteiger partial charge in [-0.3, -0.25) is 0 Å². The molecule has 0 bridgehead atoms. The molecule has 3 rings (SSSR count). The summed E-state index contributed by atoms with van der Waals surface area (Å²) in [5.41, 5.74) is 1.45. The number of benzene rings is 2. The second-order valence-corrected chi connectivity index (χ2v) is 3.97. The molecule has 1 N–H and O–H groups in total. The van der Waals surface area contributed by atoms with Gasteiger partial charge in [-0.15, -0.1) is 0 Å². The molecule has 2 aromatic carbocycles. The normalized spacial score (nSPS) is 10.5. The Hall–Kier alpha value is -2.82. The maximum Gasteiger partial charge on any atom is 0.428 e. The lowest BCUT2D eigenvalue weighted by atomic mass is 10.3. The van der Waals surface area contributed by atoms with Crippen LogP contribution in [-0.4, -0.2) is 10.6 Å². The van der Waals surface area contributed by atoms with Gasteiger partial charge in [0, 0.05) is 5.69 Å². The van der Waals surface area contributed by atoms with E-state index < -0.39 is 11.8 Å². The van der Waals surface area contributed by atoms with Crippen LogP contribution in [0.3, 0.4) is 0 Å². The van der Waals surface area contributed by atoms with Gasteiger partial charge in [0.2, 0.25) is 0 Å². The van der Waals surface area contributed by atoms with Crippen LogP contribution in [0.4, 0.5) is 10.5 Å². The molecule has 0 unspecified atom stereocenters. The average Bonchev–Trinajstić information content (AvgIpc) is 2.75. The van der Waals surface area contributed by atoms with E-state index in [9.17, 15) is 9.59 Å². The van der Waals surface area contributed by atoms with Gasteiger partial charge in [-0.25, -0.2) is 9.59 Å². The zero-order valence-electron chi connectivity index (χ0n) is 9.87. The molecular formula is C14H10N2O3. The number of nitrogens with one attached hydrogen (secondary N) is 1. The van der Waals surface area contributed by atoms with Gasteiger partial charge in [0.15, 0.2) is 5.58 Å². The highest BCUT2D eigenvalue weighted by molar-refractivity contribution is 5.96. The number of fused-ring (bicyclic) bond motifs is 1. The van der Waals surface area contributed by atoms with Crippen molar-refractivity contribution in [1.29, 1.82) is 0 Å². The summed E-state index contributed by atoms with van der Waals surface area (Å²) in [5.74, 6) is -0.699. The van der Waals surface area contributed by atoms with Crippen LogP contribution in [0.2, 0.25) is 0 Å². The van der Waals surface area contributed by atoms with Crippen molar-refractivity contribution in [3.8, 4) is 0 Å². The number of hydrogen-bond acceptors (Lipinski definition) is 3. The summed E-state index contributed by atoms with van der Waals surface area (Å²) in [7, 11) is 0. The average molecular weight is 254 g/mol. The highest BCUT2D eigenvalue weighted by Gasteiger charge is 2.15. The summed E-state index contributed by atoms with van der Waals surface area (Å²) in [5, 5.41) is 2.64. The maximum absolute atomic E-state index is 12.1. The van der Waals surface area contributed by atoms with Gasteiger partial charge >= 0.3 is 11.8 Å². The van der Waals surface area contributed by atoms with Crippen molar-refractivity contribution in [2.24, 2.45) is 0 Å². The van der Waals surface area contributed by atoms with Gasteiger partial charge in [-0.2, -0.15) is 4.57 Å². The van der Waals surface area contributed by atoms with Crippen molar-refractivity contribution in [2.75, 3.05) is 5.32 Å². The highest BCUT2D eigenvalue weighted by Crippen LogP contribution is 2.13. The number of para-hydroxylation sites is 3. The Morgan fingerprint density at radius 2 is 1.68 bits per heavy atom. The van der Waals surface area contributed by atoms with Crippen molar-refractivity contribution in [2.45, 2.75) is 0 Å². The third-order valence-electron chi connectivity index (χ3n) is 2.71. The Labute approximate surface area is 108 Å². The fraction of sp³-hybridized carbons (Fsp3) is 0. The molecule has 0 fully saturated rings.